The fourth-order valence-electron chi connectivity index (χ4n) is 2.06. The Morgan fingerprint density at radius 1 is 1.05 bits per heavy atom. The third-order valence-corrected chi connectivity index (χ3v) is 3.94. The molecule has 1 fully saturated rings. The highest BCUT2D eigenvalue weighted by molar-refractivity contribution is 8.19. The fraction of sp³-hybridized carbons (Fsp3) is 0. The highest BCUT2D eigenvalue weighted by Crippen LogP contribution is 2.35. The van der Waals surface area contributed by atoms with Crippen LogP contribution in [0.5, 0.6) is 0 Å². The first-order valence-electron chi connectivity index (χ1n) is 6.38. The molecule has 0 atom stereocenters. The van der Waals surface area contributed by atoms with Gasteiger partial charge >= 0.3 is 0 Å². The Kier molecular flexibility index (Phi) is 3.77. The Morgan fingerprint density at radius 2 is 1.77 bits per heavy atom. The van der Waals surface area contributed by atoms with Gasteiger partial charge in [-0.15, -0.1) is 0 Å². The first kappa shape index (κ1) is 14.5. The van der Waals surface area contributed by atoms with Crippen LogP contribution in [0.2, 0.25) is 0 Å². The van der Waals surface area contributed by atoms with Crippen molar-refractivity contribution in [2.45, 2.75) is 0 Å². The number of amidine groups is 1. The van der Waals surface area contributed by atoms with Crippen molar-refractivity contribution in [2.24, 2.45) is 0 Å². The van der Waals surface area contributed by atoms with E-state index in [1.54, 1.807) is 12.1 Å². The van der Waals surface area contributed by atoms with Crippen molar-refractivity contribution in [1.29, 1.82) is 5.41 Å². The van der Waals surface area contributed by atoms with E-state index in [0.717, 1.165) is 11.8 Å². The Hall–Kier alpha value is -2.47. The van der Waals surface area contributed by atoms with E-state index in [9.17, 15) is 13.6 Å². The van der Waals surface area contributed by atoms with Gasteiger partial charge in [0.15, 0.2) is 5.17 Å². The Balaban J connectivity index is 1.93. The predicted octanol–water partition coefficient (Wildman–Crippen LogP) is 4.02. The second kappa shape index (κ2) is 5.73. The number of carbonyl (C=O) groups excluding carboxylic acids is 1. The van der Waals surface area contributed by atoms with Gasteiger partial charge in [-0.2, -0.15) is 0 Å². The second-order valence-electron chi connectivity index (χ2n) is 4.59. The summed E-state index contributed by atoms with van der Waals surface area (Å²) < 4.78 is 26.1. The number of halogens is 2. The molecule has 0 unspecified atom stereocenters. The second-order valence-corrected chi connectivity index (χ2v) is 5.62. The number of rotatable bonds is 2. The Morgan fingerprint density at radius 3 is 2.45 bits per heavy atom. The first-order chi connectivity index (χ1) is 10.5. The topological polar surface area (TPSA) is 44.2 Å². The molecule has 1 amide bonds. The molecule has 0 radical (unpaired) electrons. The average Bonchev–Trinajstić information content (AvgIpc) is 2.75. The molecule has 2 aromatic carbocycles. The monoisotopic (exact) mass is 316 g/mol. The van der Waals surface area contributed by atoms with Gasteiger partial charge in [0.2, 0.25) is 0 Å². The largest absolute Gasteiger partial charge is 0.278 e. The summed E-state index contributed by atoms with van der Waals surface area (Å²) in [6, 6.07) is 11.2. The summed E-state index contributed by atoms with van der Waals surface area (Å²) in [7, 11) is 0. The van der Waals surface area contributed by atoms with Crippen molar-refractivity contribution < 1.29 is 13.6 Å². The predicted molar refractivity (Wildman–Crippen MR) is 83.6 cm³/mol. The molecule has 6 heteroatoms. The van der Waals surface area contributed by atoms with Gasteiger partial charge in [0, 0.05) is 0 Å². The van der Waals surface area contributed by atoms with Crippen molar-refractivity contribution in [3.63, 3.8) is 0 Å². The maximum atomic E-state index is 13.2. The molecule has 3 nitrogen and oxygen atoms in total. The lowest BCUT2D eigenvalue weighted by Crippen LogP contribution is -2.28. The Labute approximate surface area is 129 Å². The standard InChI is InChI=1S/C16H10F2N2OS/c17-11-4-6-13(7-5-11)20-15(21)14(22-16(20)19)9-10-2-1-3-12(18)8-10/h1-9,19H. The van der Waals surface area contributed by atoms with Gasteiger partial charge in [-0.3, -0.25) is 15.1 Å². The molecule has 1 saturated heterocycles. The minimum absolute atomic E-state index is 0.0271. The van der Waals surface area contributed by atoms with E-state index in [1.165, 1.54) is 47.4 Å². The molecule has 1 aliphatic rings. The summed E-state index contributed by atoms with van der Waals surface area (Å²) in [5.41, 5.74) is 0.969. The number of benzene rings is 2. The van der Waals surface area contributed by atoms with Crippen LogP contribution < -0.4 is 4.90 Å². The van der Waals surface area contributed by atoms with Crippen LogP contribution in [0, 0.1) is 17.0 Å². The van der Waals surface area contributed by atoms with Crippen molar-refractivity contribution >= 4 is 34.6 Å². The van der Waals surface area contributed by atoms with Gasteiger partial charge in [0.05, 0.1) is 10.6 Å². The molecule has 0 saturated carbocycles. The highest BCUT2D eigenvalue weighted by atomic mass is 32.2. The fourth-order valence-corrected chi connectivity index (χ4v) is 2.92. The summed E-state index contributed by atoms with van der Waals surface area (Å²) in [6.07, 6.45) is 1.54. The first-order valence-corrected chi connectivity index (χ1v) is 7.20. The molecule has 0 aromatic heterocycles. The van der Waals surface area contributed by atoms with Crippen molar-refractivity contribution in [2.75, 3.05) is 4.90 Å². The third kappa shape index (κ3) is 2.78. The summed E-state index contributed by atoms with van der Waals surface area (Å²) in [5.74, 6) is -1.19. The molecular formula is C16H10F2N2OS. The van der Waals surface area contributed by atoms with E-state index >= 15 is 0 Å². The van der Waals surface area contributed by atoms with Gasteiger partial charge in [-0.25, -0.2) is 8.78 Å². The van der Waals surface area contributed by atoms with Gasteiger partial charge < -0.3 is 0 Å². The summed E-state index contributed by atoms with van der Waals surface area (Å²) in [5, 5.41) is 7.95. The number of thioether (sulfide) groups is 1. The normalized spacial score (nSPS) is 16.6. The zero-order valence-electron chi connectivity index (χ0n) is 11.2. The Bertz CT molecular complexity index is 787. The molecule has 3 rings (SSSR count). The lowest BCUT2D eigenvalue weighted by atomic mass is 10.2. The van der Waals surface area contributed by atoms with E-state index in [2.05, 4.69) is 0 Å². The van der Waals surface area contributed by atoms with Crippen LogP contribution in [0.15, 0.2) is 53.4 Å². The smallest absolute Gasteiger partial charge is 0.271 e. The van der Waals surface area contributed by atoms with Crippen LogP contribution in [-0.2, 0) is 4.79 Å². The molecule has 0 bridgehead atoms. The molecule has 1 heterocycles. The van der Waals surface area contributed by atoms with E-state index in [-0.39, 0.29) is 11.1 Å². The molecule has 1 N–H and O–H groups in total. The number of hydrogen-bond donors (Lipinski definition) is 1. The lowest BCUT2D eigenvalue weighted by molar-refractivity contribution is -0.113. The van der Waals surface area contributed by atoms with Crippen LogP contribution in [0.1, 0.15) is 5.56 Å². The lowest BCUT2D eigenvalue weighted by Gasteiger charge is -2.13. The number of amides is 1. The summed E-state index contributed by atoms with van der Waals surface area (Å²) in [6.45, 7) is 0. The number of carbonyl (C=O) groups is 1. The van der Waals surface area contributed by atoms with Crippen LogP contribution >= 0.6 is 11.8 Å². The summed E-state index contributed by atoms with van der Waals surface area (Å²) in [4.78, 5) is 13.9. The van der Waals surface area contributed by atoms with Crippen LogP contribution in [0.25, 0.3) is 6.08 Å². The van der Waals surface area contributed by atoms with Gasteiger partial charge in [-0.05, 0) is 59.8 Å². The average molecular weight is 316 g/mol. The van der Waals surface area contributed by atoms with E-state index < -0.39 is 11.6 Å². The van der Waals surface area contributed by atoms with E-state index in [1.807, 2.05) is 0 Å². The molecule has 2 aromatic rings. The van der Waals surface area contributed by atoms with Crippen molar-refractivity contribution in [3.8, 4) is 0 Å². The van der Waals surface area contributed by atoms with Crippen molar-refractivity contribution in [3.05, 3.63) is 70.6 Å². The molecule has 0 aliphatic carbocycles. The minimum Gasteiger partial charge on any atom is -0.278 e. The van der Waals surface area contributed by atoms with E-state index in [0.29, 0.717) is 16.2 Å². The number of nitrogens with zero attached hydrogens (tertiary/aromatic N) is 1. The summed E-state index contributed by atoms with van der Waals surface area (Å²) >= 11 is 0.986. The minimum atomic E-state index is -0.412. The number of hydrogen-bond acceptors (Lipinski definition) is 3. The molecular weight excluding hydrogens is 306 g/mol. The van der Waals surface area contributed by atoms with Crippen molar-refractivity contribution in [1.82, 2.24) is 0 Å². The number of nitrogens with one attached hydrogen (secondary N) is 1. The van der Waals surface area contributed by atoms with Crippen LogP contribution in [0.4, 0.5) is 14.5 Å². The third-order valence-electron chi connectivity index (χ3n) is 3.05. The quantitative estimate of drug-likeness (QED) is 0.851. The molecule has 22 heavy (non-hydrogen) atoms. The zero-order chi connectivity index (χ0) is 15.7. The maximum Gasteiger partial charge on any atom is 0.271 e. The maximum absolute atomic E-state index is 13.2. The molecule has 0 spiro atoms. The molecule has 110 valence electrons. The van der Waals surface area contributed by atoms with E-state index in [4.69, 9.17) is 5.41 Å². The van der Waals surface area contributed by atoms with Crippen LogP contribution in [0.3, 0.4) is 0 Å². The van der Waals surface area contributed by atoms with Gasteiger partial charge in [-0.1, -0.05) is 12.1 Å². The zero-order valence-corrected chi connectivity index (χ0v) is 12.0. The van der Waals surface area contributed by atoms with Gasteiger partial charge in [0.1, 0.15) is 11.6 Å². The molecule has 1 aliphatic heterocycles. The SMILES string of the molecule is N=C1SC(=Cc2cccc(F)c2)C(=O)N1c1ccc(F)cc1. The number of anilines is 1. The van der Waals surface area contributed by atoms with Crippen LogP contribution in [-0.4, -0.2) is 11.1 Å². The van der Waals surface area contributed by atoms with Gasteiger partial charge in [0.25, 0.3) is 5.91 Å². The highest BCUT2D eigenvalue weighted by Gasteiger charge is 2.33.